The van der Waals surface area contributed by atoms with Gasteiger partial charge in [-0.25, -0.2) is 4.98 Å². The molecule has 0 saturated heterocycles. The molecule has 0 fully saturated rings. The molecular weight excluding hydrogens is 380 g/mol. The normalized spacial score (nSPS) is 10.8. The zero-order valence-corrected chi connectivity index (χ0v) is 16.8. The van der Waals surface area contributed by atoms with E-state index in [1.165, 1.54) is 11.3 Å². The Morgan fingerprint density at radius 1 is 1.11 bits per heavy atom. The van der Waals surface area contributed by atoms with Crippen LogP contribution in [-0.4, -0.2) is 29.5 Å². The van der Waals surface area contributed by atoms with Crippen molar-refractivity contribution < 1.29 is 14.3 Å². The molecule has 27 heavy (non-hydrogen) atoms. The zero-order chi connectivity index (χ0) is 19.2. The third kappa shape index (κ3) is 5.02. The number of nitrogens with zero attached hydrogens (tertiary/aromatic N) is 2. The highest BCUT2D eigenvalue weighted by molar-refractivity contribution is 7.20. The molecule has 0 bridgehead atoms. The molecule has 1 amide bonds. The van der Waals surface area contributed by atoms with Gasteiger partial charge in [0, 0.05) is 17.1 Å². The van der Waals surface area contributed by atoms with Crippen LogP contribution in [0.25, 0.3) is 9.88 Å². The summed E-state index contributed by atoms with van der Waals surface area (Å²) >= 11 is 3.10. The molecule has 1 aromatic carbocycles. The minimum Gasteiger partial charge on any atom is -0.455 e. The summed E-state index contributed by atoms with van der Waals surface area (Å²) in [6.07, 6.45) is 0.0577. The van der Waals surface area contributed by atoms with Crippen LogP contribution >= 0.6 is 22.7 Å². The fourth-order valence-corrected chi connectivity index (χ4v) is 4.26. The number of carbonyl (C=O) groups excluding carboxylic acids is 2. The summed E-state index contributed by atoms with van der Waals surface area (Å²) in [5.74, 6) is -0.703. The van der Waals surface area contributed by atoms with Crippen LogP contribution in [0.3, 0.4) is 0 Å². The molecule has 5 nitrogen and oxygen atoms in total. The second-order valence-electron chi connectivity index (χ2n) is 6.15. The van der Waals surface area contributed by atoms with Gasteiger partial charge in [0.2, 0.25) is 0 Å². The number of anilines is 1. The highest BCUT2D eigenvalue weighted by Gasteiger charge is 2.20. The topological polar surface area (TPSA) is 59.5 Å². The van der Waals surface area contributed by atoms with Crippen molar-refractivity contribution in [2.24, 2.45) is 0 Å². The molecule has 0 unspecified atom stereocenters. The van der Waals surface area contributed by atoms with E-state index in [9.17, 15) is 9.59 Å². The molecule has 3 rings (SSSR count). The van der Waals surface area contributed by atoms with Crippen molar-refractivity contribution in [3.63, 3.8) is 0 Å². The van der Waals surface area contributed by atoms with E-state index in [1.54, 1.807) is 16.2 Å². The largest absolute Gasteiger partial charge is 0.455 e. The minimum absolute atomic E-state index is 0.0366. The second-order valence-corrected chi connectivity index (χ2v) is 7.96. The molecule has 0 N–H and O–H groups in total. The van der Waals surface area contributed by atoms with Crippen molar-refractivity contribution in [1.29, 1.82) is 0 Å². The van der Waals surface area contributed by atoms with E-state index in [4.69, 9.17) is 4.74 Å². The van der Waals surface area contributed by atoms with Crippen LogP contribution in [0.1, 0.15) is 19.5 Å². The van der Waals surface area contributed by atoms with Gasteiger partial charge in [0.1, 0.15) is 5.01 Å². The Hall–Kier alpha value is -2.51. The van der Waals surface area contributed by atoms with E-state index in [-0.39, 0.29) is 25.0 Å². The fourth-order valence-electron chi connectivity index (χ4n) is 2.63. The summed E-state index contributed by atoms with van der Waals surface area (Å²) in [6.45, 7) is 3.57. The van der Waals surface area contributed by atoms with Gasteiger partial charge in [-0.1, -0.05) is 24.3 Å². The summed E-state index contributed by atoms with van der Waals surface area (Å²) < 4.78 is 5.20. The van der Waals surface area contributed by atoms with Gasteiger partial charge >= 0.3 is 5.97 Å². The standard InChI is InChI=1S/C20H20N2O3S2/c1-14(2)22(16-7-4-3-5-8-16)18(23)12-25-19(24)11-15-13-27-20(21-15)17-9-6-10-26-17/h3-10,13-14H,11-12H2,1-2H3. The summed E-state index contributed by atoms with van der Waals surface area (Å²) in [5.41, 5.74) is 1.44. The zero-order valence-electron chi connectivity index (χ0n) is 15.1. The molecule has 0 radical (unpaired) electrons. The number of ether oxygens (including phenoxy) is 1. The molecule has 0 aliphatic heterocycles. The summed E-state index contributed by atoms with van der Waals surface area (Å²) in [6, 6.07) is 13.3. The van der Waals surface area contributed by atoms with Crippen molar-refractivity contribution in [2.45, 2.75) is 26.3 Å². The van der Waals surface area contributed by atoms with Crippen molar-refractivity contribution in [3.05, 3.63) is 58.9 Å². The first-order valence-electron chi connectivity index (χ1n) is 8.55. The molecule has 7 heteroatoms. The Morgan fingerprint density at radius 3 is 2.56 bits per heavy atom. The molecular formula is C20H20N2O3S2. The number of carbonyl (C=O) groups is 2. The number of amides is 1. The maximum absolute atomic E-state index is 12.5. The number of thiophene rings is 1. The minimum atomic E-state index is -0.455. The number of thiazole rings is 1. The van der Waals surface area contributed by atoms with Gasteiger partial charge in [0.25, 0.3) is 5.91 Å². The average molecular weight is 401 g/mol. The predicted octanol–water partition coefficient (Wildman–Crippen LogP) is 4.40. The predicted molar refractivity (Wildman–Crippen MR) is 109 cm³/mol. The summed E-state index contributed by atoms with van der Waals surface area (Å²) in [7, 11) is 0. The van der Waals surface area contributed by atoms with E-state index in [0.717, 1.165) is 15.6 Å². The lowest BCUT2D eigenvalue weighted by molar-refractivity contribution is -0.147. The van der Waals surface area contributed by atoms with E-state index >= 15 is 0 Å². The molecule has 2 heterocycles. The molecule has 0 saturated carbocycles. The second kappa shape index (κ2) is 8.92. The molecule has 140 valence electrons. The Bertz CT molecular complexity index is 889. The van der Waals surface area contributed by atoms with Crippen molar-refractivity contribution in [2.75, 3.05) is 11.5 Å². The number of rotatable bonds is 7. The van der Waals surface area contributed by atoms with Gasteiger partial charge in [0.05, 0.1) is 17.0 Å². The van der Waals surface area contributed by atoms with Gasteiger partial charge in [0.15, 0.2) is 6.61 Å². The van der Waals surface area contributed by atoms with Gasteiger partial charge in [-0.2, -0.15) is 0 Å². The molecule has 0 atom stereocenters. The van der Waals surface area contributed by atoms with Crippen molar-refractivity contribution >= 4 is 40.2 Å². The van der Waals surface area contributed by atoms with Crippen LogP contribution in [0.4, 0.5) is 5.69 Å². The Morgan fingerprint density at radius 2 is 1.89 bits per heavy atom. The number of benzene rings is 1. The summed E-state index contributed by atoms with van der Waals surface area (Å²) in [4.78, 5) is 31.8. The molecule has 0 spiro atoms. The lowest BCUT2D eigenvalue weighted by Gasteiger charge is -2.26. The maximum Gasteiger partial charge on any atom is 0.312 e. The number of hydrogen-bond donors (Lipinski definition) is 0. The lowest BCUT2D eigenvalue weighted by Crippen LogP contribution is -2.40. The van der Waals surface area contributed by atoms with Gasteiger partial charge in [-0.15, -0.1) is 22.7 Å². The van der Waals surface area contributed by atoms with Gasteiger partial charge < -0.3 is 9.64 Å². The van der Waals surface area contributed by atoms with Crippen LogP contribution in [0.5, 0.6) is 0 Å². The Kier molecular flexibility index (Phi) is 6.36. The van der Waals surface area contributed by atoms with Crippen LogP contribution in [0, 0.1) is 0 Å². The number of aromatic nitrogens is 1. The van der Waals surface area contributed by atoms with E-state index in [2.05, 4.69) is 4.98 Å². The van der Waals surface area contributed by atoms with E-state index in [1.807, 2.05) is 67.1 Å². The molecule has 0 aliphatic carbocycles. The van der Waals surface area contributed by atoms with Crippen LogP contribution in [0.2, 0.25) is 0 Å². The molecule has 0 aliphatic rings. The van der Waals surface area contributed by atoms with Crippen molar-refractivity contribution in [3.8, 4) is 9.88 Å². The highest BCUT2D eigenvalue weighted by Crippen LogP contribution is 2.28. The number of esters is 1. The third-order valence-electron chi connectivity index (χ3n) is 3.79. The first-order valence-corrected chi connectivity index (χ1v) is 10.3. The average Bonchev–Trinajstić information content (AvgIpc) is 3.32. The monoisotopic (exact) mass is 400 g/mol. The number of hydrogen-bond acceptors (Lipinski definition) is 6. The molecule has 2 aromatic heterocycles. The van der Waals surface area contributed by atoms with Gasteiger partial charge in [-0.05, 0) is 37.4 Å². The third-order valence-corrected chi connectivity index (χ3v) is 5.72. The van der Waals surface area contributed by atoms with Crippen molar-refractivity contribution in [1.82, 2.24) is 4.98 Å². The lowest BCUT2D eigenvalue weighted by atomic mass is 10.2. The fraction of sp³-hybridized carbons (Fsp3) is 0.250. The van der Waals surface area contributed by atoms with E-state index in [0.29, 0.717) is 5.69 Å². The number of para-hydroxylation sites is 1. The SMILES string of the molecule is CC(C)N(C(=O)COC(=O)Cc1csc(-c2cccs2)n1)c1ccccc1. The van der Waals surface area contributed by atoms with E-state index < -0.39 is 5.97 Å². The Balaban J connectivity index is 1.56. The van der Waals surface area contributed by atoms with Crippen LogP contribution in [-0.2, 0) is 20.7 Å². The van der Waals surface area contributed by atoms with Crippen LogP contribution in [0.15, 0.2) is 53.2 Å². The quantitative estimate of drug-likeness (QED) is 0.552. The smallest absolute Gasteiger partial charge is 0.312 e. The maximum atomic E-state index is 12.5. The summed E-state index contributed by atoms with van der Waals surface area (Å²) in [5, 5.41) is 4.73. The first-order chi connectivity index (χ1) is 13.0. The highest BCUT2D eigenvalue weighted by atomic mass is 32.1. The Labute approximate surface area is 166 Å². The van der Waals surface area contributed by atoms with Gasteiger partial charge in [-0.3, -0.25) is 9.59 Å². The molecule has 3 aromatic rings. The first kappa shape index (κ1) is 19.3. The van der Waals surface area contributed by atoms with Crippen LogP contribution < -0.4 is 4.90 Å².